The molecule has 1 aromatic carbocycles. The van der Waals surface area contributed by atoms with Crippen LogP contribution in [0.15, 0.2) is 24.3 Å². The van der Waals surface area contributed by atoms with Gasteiger partial charge in [-0.3, -0.25) is 5.32 Å². The van der Waals surface area contributed by atoms with Gasteiger partial charge in [0.1, 0.15) is 5.60 Å². The first-order chi connectivity index (χ1) is 8.42. The van der Waals surface area contributed by atoms with Crippen LogP contribution in [0.25, 0.3) is 0 Å². The molecular weight excluding hydrogens is 230 g/mol. The lowest BCUT2D eigenvalue weighted by molar-refractivity contribution is 0.0636. The highest BCUT2D eigenvalue weighted by molar-refractivity contribution is 5.84. The smallest absolute Gasteiger partial charge is 0.412 e. The van der Waals surface area contributed by atoms with Crippen LogP contribution >= 0.6 is 0 Å². The summed E-state index contributed by atoms with van der Waals surface area (Å²) in [6, 6.07) is 7.74. The number of rotatable bonds is 3. The normalized spacial score (nSPS) is 18.3. The van der Waals surface area contributed by atoms with Crippen molar-refractivity contribution in [1.29, 1.82) is 0 Å². The molecule has 4 heteroatoms. The van der Waals surface area contributed by atoms with E-state index in [0.29, 0.717) is 6.10 Å². The van der Waals surface area contributed by atoms with Crippen LogP contribution in [0.3, 0.4) is 0 Å². The van der Waals surface area contributed by atoms with Gasteiger partial charge < -0.3 is 9.47 Å². The summed E-state index contributed by atoms with van der Waals surface area (Å²) < 4.78 is 10.3. The maximum absolute atomic E-state index is 11.5. The largest absolute Gasteiger partial charge is 0.444 e. The number of nitrogens with one attached hydrogen (secondary N) is 1. The monoisotopic (exact) mass is 249 g/mol. The number of carbonyl (C=O) groups is 1. The minimum atomic E-state index is -0.479. The molecule has 0 bridgehead atoms. The summed E-state index contributed by atoms with van der Waals surface area (Å²) in [5, 5.41) is 2.70. The second-order valence-corrected chi connectivity index (χ2v) is 5.48. The van der Waals surface area contributed by atoms with E-state index in [-0.39, 0.29) is 0 Å². The Morgan fingerprint density at radius 2 is 2.00 bits per heavy atom. The zero-order chi connectivity index (χ0) is 13.2. The summed E-state index contributed by atoms with van der Waals surface area (Å²) in [4.78, 5) is 11.5. The third kappa shape index (κ3) is 4.37. The molecule has 1 aliphatic heterocycles. The Labute approximate surface area is 107 Å². The standard InChI is InChI=1S/C14H19NO3/c1-14(2,3)18-13(16)15-11-6-4-10(5-7-11)8-12-9-17-12/h4-7,12H,8-9H2,1-3H3,(H,15,16). The number of ether oxygens (including phenoxy) is 2. The average molecular weight is 249 g/mol. The molecule has 1 atom stereocenters. The van der Waals surface area contributed by atoms with Crippen molar-refractivity contribution in [2.45, 2.75) is 38.9 Å². The van der Waals surface area contributed by atoms with E-state index in [4.69, 9.17) is 9.47 Å². The van der Waals surface area contributed by atoms with Crippen LogP contribution in [0.2, 0.25) is 0 Å². The summed E-state index contributed by atoms with van der Waals surface area (Å²) >= 11 is 0. The van der Waals surface area contributed by atoms with Gasteiger partial charge in [0.2, 0.25) is 0 Å². The van der Waals surface area contributed by atoms with E-state index in [1.54, 1.807) is 0 Å². The molecule has 0 saturated carbocycles. The van der Waals surface area contributed by atoms with Crippen LogP contribution in [0, 0.1) is 0 Å². The number of hydrogen-bond acceptors (Lipinski definition) is 3. The van der Waals surface area contributed by atoms with Crippen molar-refractivity contribution in [1.82, 2.24) is 0 Å². The molecule has 2 rings (SSSR count). The number of epoxide rings is 1. The van der Waals surface area contributed by atoms with Crippen LogP contribution in [-0.4, -0.2) is 24.4 Å². The Balaban J connectivity index is 1.87. The molecule has 1 aliphatic rings. The van der Waals surface area contributed by atoms with Gasteiger partial charge in [-0.1, -0.05) is 12.1 Å². The molecule has 0 spiro atoms. The van der Waals surface area contributed by atoms with Crippen molar-refractivity contribution in [3.63, 3.8) is 0 Å². The molecule has 18 heavy (non-hydrogen) atoms. The third-order valence-corrected chi connectivity index (χ3v) is 2.46. The number of hydrogen-bond donors (Lipinski definition) is 1. The van der Waals surface area contributed by atoms with Gasteiger partial charge in [-0.25, -0.2) is 4.79 Å². The van der Waals surface area contributed by atoms with Crippen molar-refractivity contribution >= 4 is 11.8 Å². The van der Waals surface area contributed by atoms with Crippen LogP contribution in [0.4, 0.5) is 10.5 Å². The first-order valence-corrected chi connectivity index (χ1v) is 6.13. The first kappa shape index (κ1) is 12.9. The Morgan fingerprint density at radius 3 is 2.50 bits per heavy atom. The summed E-state index contributed by atoms with van der Waals surface area (Å²) in [6.45, 7) is 6.37. The van der Waals surface area contributed by atoms with Crippen LogP contribution in [0.1, 0.15) is 26.3 Å². The van der Waals surface area contributed by atoms with Crippen molar-refractivity contribution < 1.29 is 14.3 Å². The topological polar surface area (TPSA) is 50.9 Å². The van der Waals surface area contributed by atoms with Crippen LogP contribution in [-0.2, 0) is 15.9 Å². The number of benzene rings is 1. The van der Waals surface area contributed by atoms with Crippen LogP contribution < -0.4 is 5.32 Å². The van der Waals surface area contributed by atoms with E-state index < -0.39 is 11.7 Å². The van der Waals surface area contributed by atoms with Crippen molar-refractivity contribution in [2.24, 2.45) is 0 Å². The molecule has 98 valence electrons. The van der Waals surface area contributed by atoms with Gasteiger partial charge in [0, 0.05) is 12.1 Å². The molecule has 1 saturated heterocycles. The molecule has 0 aromatic heterocycles. The molecule has 1 fully saturated rings. The molecule has 1 aromatic rings. The summed E-state index contributed by atoms with van der Waals surface area (Å²) in [5.74, 6) is 0. The highest BCUT2D eigenvalue weighted by atomic mass is 16.6. The van der Waals surface area contributed by atoms with Gasteiger partial charge in [-0.05, 0) is 38.5 Å². The van der Waals surface area contributed by atoms with Gasteiger partial charge in [-0.15, -0.1) is 0 Å². The highest BCUT2D eigenvalue weighted by Crippen LogP contribution is 2.18. The van der Waals surface area contributed by atoms with E-state index in [0.717, 1.165) is 18.7 Å². The second-order valence-electron chi connectivity index (χ2n) is 5.48. The summed E-state index contributed by atoms with van der Waals surface area (Å²) in [6.07, 6.45) is 0.891. The fourth-order valence-electron chi connectivity index (χ4n) is 1.59. The lowest BCUT2D eigenvalue weighted by Gasteiger charge is -2.19. The molecule has 1 heterocycles. The van der Waals surface area contributed by atoms with E-state index in [2.05, 4.69) is 5.32 Å². The second kappa shape index (κ2) is 4.98. The molecule has 0 radical (unpaired) electrons. The van der Waals surface area contributed by atoms with Gasteiger partial charge in [0.25, 0.3) is 0 Å². The minimum Gasteiger partial charge on any atom is -0.444 e. The van der Waals surface area contributed by atoms with Gasteiger partial charge in [-0.2, -0.15) is 0 Å². The van der Waals surface area contributed by atoms with Crippen molar-refractivity contribution in [2.75, 3.05) is 11.9 Å². The Bertz CT molecular complexity index is 416. The third-order valence-electron chi connectivity index (χ3n) is 2.46. The lowest BCUT2D eigenvalue weighted by Crippen LogP contribution is -2.27. The fourth-order valence-corrected chi connectivity index (χ4v) is 1.59. The Morgan fingerprint density at radius 1 is 1.39 bits per heavy atom. The molecule has 1 amide bonds. The molecular formula is C14H19NO3. The lowest BCUT2D eigenvalue weighted by atomic mass is 10.1. The van der Waals surface area contributed by atoms with Crippen LogP contribution in [0.5, 0.6) is 0 Å². The molecule has 1 unspecified atom stereocenters. The molecule has 0 aliphatic carbocycles. The van der Waals surface area contributed by atoms with Crippen molar-refractivity contribution in [3.8, 4) is 0 Å². The molecule has 1 N–H and O–H groups in total. The summed E-state index contributed by atoms with van der Waals surface area (Å²) in [5.41, 5.74) is 1.48. The SMILES string of the molecule is CC(C)(C)OC(=O)Nc1ccc(CC2CO2)cc1. The van der Waals surface area contributed by atoms with Gasteiger partial charge in [0.15, 0.2) is 0 Å². The average Bonchev–Trinajstić information content (AvgIpc) is 3.02. The number of amides is 1. The van der Waals surface area contributed by atoms with Gasteiger partial charge >= 0.3 is 6.09 Å². The van der Waals surface area contributed by atoms with Crippen molar-refractivity contribution in [3.05, 3.63) is 29.8 Å². The zero-order valence-electron chi connectivity index (χ0n) is 11.0. The maximum Gasteiger partial charge on any atom is 0.412 e. The zero-order valence-corrected chi connectivity index (χ0v) is 11.0. The van der Waals surface area contributed by atoms with E-state index in [1.165, 1.54) is 5.56 Å². The van der Waals surface area contributed by atoms with E-state index in [1.807, 2.05) is 45.0 Å². The van der Waals surface area contributed by atoms with E-state index in [9.17, 15) is 4.79 Å². The predicted octanol–water partition coefficient (Wildman–Crippen LogP) is 2.97. The molecule has 4 nitrogen and oxygen atoms in total. The highest BCUT2D eigenvalue weighted by Gasteiger charge is 2.22. The quantitative estimate of drug-likeness (QED) is 0.838. The minimum absolute atomic E-state index is 0.384. The number of carbonyl (C=O) groups excluding carboxylic acids is 1. The Kier molecular flexibility index (Phi) is 3.57. The maximum atomic E-state index is 11.5. The van der Waals surface area contributed by atoms with Gasteiger partial charge in [0.05, 0.1) is 12.7 Å². The first-order valence-electron chi connectivity index (χ1n) is 6.13. The predicted molar refractivity (Wildman–Crippen MR) is 69.7 cm³/mol. The fraction of sp³-hybridized carbons (Fsp3) is 0.500. The Hall–Kier alpha value is -1.55. The van der Waals surface area contributed by atoms with E-state index >= 15 is 0 Å². The number of anilines is 1. The summed E-state index contributed by atoms with van der Waals surface area (Å²) in [7, 11) is 0.